The molecule has 140 valence electrons. The van der Waals surface area contributed by atoms with Gasteiger partial charge in [0, 0.05) is 25.1 Å². The molecule has 0 unspecified atom stereocenters. The molecule has 4 aliphatic carbocycles. The van der Waals surface area contributed by atoms with Crippen molar-refractivity contribution in [2.75, 3.05) is 14.1 Å². The maximum Gasteiger partial charge on any atom is 0.251 e. The predicted octanol–water partition coefficient (Wildman–Crippen LogP) is 3.40. The molecular weight excluding hydrogens is 324 g/mol. The van der Waals surface area contributed by atoms with Gasteiger partial charge in [-0.05, 0) is 75.3 Å². The molecule has 26 heavy (non-hydrogen) atoms. The molecule has 4 bridgehead atoms. The predicted molar refractivity (Wildman–Crippen MR) is 102 cm³/mol. The number of carbonyl (C=O) groups excluding carboxylic acids is 2. The van der Waals surface area contributed by atoms with E-state index >= 15 is 0 Å². The highest BCUT2D eigenvalue weighted by Crippen LogP contribution is 2.61. The first-order chi connectivity index (χ1) is 12.4. The van der Waals surface area contributed by atoms with Crippen LogP contribution < -0.4 is 5.32 Å². The lowest BCUT2D eigenvalue weighted by Crippen LogP contribution is -2.61. The van der Waals surface area contributed by atoms with Gasteiger partial charge in [0.25, 0.3) is 5.91 Å². The molecule has 0 heterocycles. The van der Waals surface area contributed by atoms with Gasteiger partial charge in [0.2, 0.25) is 5.91 Å². The molecule has 1 aromatic carbocycles. The number of hydrogen-bond donors (Lipinski definition) is 1. The zero-order chi connectivity index (χ0) is 18.5. The number of rotatable bonds is 4. The molecule has 1 N–H and O–H groups in total. The Morgan fingerprint density at radius 2 is 1.50 bits per heavy atom. The van der Waals surface area contributed by atoms with E-state index in [-0.39, 0.29) is 17.2 Å². The lowest BCUT2D eigenvalue weighted by Gasteiger charge is -2.59. The molecule has 4 heteroatoms. The molecule has 4 aliphatic rings. The SMILES string of the molecule is Cc1ccc(C(=O)N[C@H](C(=O)N(C)C)C23CC4CC(CC(C4)C2)C3)cc1. The minimum absolute atomic E-state index is 0.0452. The maximum absolute atomic E-state index is 13.1. The van der Waals surface area contributed by atoms with Crippen LogP contribution in [0.1, 0.15) is 54.4 Å². The fraction of sp³-hybridized carbons (Fsp3) is 0.636. The summed E-state index contributed by atoms with van der Waals surface area (Å²) in [5, 5.41) is 3.16. The van der Waals surface area contributed by atoms with Crippen molar-refractivity contribution >= 4 is 11.8 Å². The van der Waals surface area contributed by atoms with Crippen molar-refractivity contribution in [2.24, 2.45) is 23.2 Å². The van der Waals surface area contributed by atoms with Gasteiger partial charge in [-0.2, -0.15) is 0 Å². The molecule has 0 spiro atoms. The van der Waals surface area contributed by atoms with E-state index in [2.05, 4.69) is 5.32 Å². The van der Waals surface area contributed by atoms with Crippen LogP contribution in [0, 0.1) is 30.1 Å². The molecule has 5 rings (SSSR count). The highest BCUT2D eigenvalue weighted by Gasteiger charge is 2.56. The molecule has 4 fully saturated rings. The first-order valence-corrected chi connectivity index (χ1v) is 9.95. The van der Waals surface area contributed by atoms with Crippen molar-refractivity contribution in [3.8, 4) is 0 Å². The van der Waals surface area contributed by atoms with Gasteiger partial charge in [0.1, 0.15) is 6.04 Å². The average molecular weight is 354 g/mol. The summed E-state index contributed by atoms with van der Waals surface area (Å²) in [5.74, 6) is 2.16. The number of likely N-dealkylation sites (N-methyl/N-ethyl adjacent to an activating group) is 1. The molecule has 0 aromatic heterocycles. The Morgan fingerprint density at radius 3 is 1.96 bits per heavy atom. The second-order valence-corrected chi connectivity index (χ2v) is 9.29. The molecule has 2 amide bonds. The number of carbonyl (C=O) groups is 2. The summed E-state index contributed by atoms with van der Waals surface area (Å²) < 4.78 is 0. The quantitative estimate of drug-likeness (QED) is 0.901. The topological polar surface area (TPSA) is 49.4 Å². The summed E-state index contributed by atoms with van der Waals surface area (Å²) in [6.45, 7) is 2.01. The van der Waals surface area contributed by atoms with Crippen molar-refractivity contribution in [2.45, 2.75) is 51.5 Å². The monoisotopic (exact) mass is 354 g/mol. The fourth-order valence-corrected chi connectivity index (χ4v) is 6.19. The molecule has 1 atom stereocenters. The third kappa shape index (κ3) is 3.04. The Kier molecular flexibility index (Phi) is 4.32. The lowest BCUT2D eigenvalue weighted by atomic mass is 9.47. The first-order valence-electron chi connectivity index (χ1n) is 9.95. The minimum Gasteiger partial charge on any atom is -0.347 e. The van der Waals surface area contributed by atoms with Crippen LogP contribution in [-0.2, 0) is 4.79 Å². The van der Waals surface area contributed by atoms with E-state index in [0.29, 0.717) is 5.56 Å². The Bertz CT molecular complexity index is 672. The summed E-state index contributed by atoms with van der Waals surface area (Å²) in [4.78, 5) is 27.6. The zero-order valence-electron chi connectivity index (χ0n) is 16.1. The van der Waals surface area contributed by atoms with Crippen LogP contribution in [-0.4, -0.2) is 36.9 Å². The molecule has 0 radical (unpaired) electrons. The summed E-state index contributed by atoms with van der Waals surface area (Å²) >= 11 is 0. The van der Waals surface area contributed by atoms with E-state index in [0.717, 1.165) is 42.6 Å². The number of amides is 2. The largest absolute Gasteiger partial charge is 0.347 e. The standard InChI is InChI=1S/C22H30N2O2/c1-14-4-6-18(7-5-14)20(25)23-19(21(26)24(2)3)22-11-15-8-16(12-22)10-17(9-15)13-22/h4-7,15-17,19H,8-13H2,1-3H3,(H,23,25)/t15?,16?,17?,19-,22?/m1/s1. The Labute approximate surface area is 156 Å². The Morgan fingerprint density at radius 1 is 1.00 bits per heavy atom. The third-order valence-electron chi connectivity index (χ3n) is 6.97. The van der Waals surface area contributed by atoms with E-state index in [4.69, 9.17) is 0 Å². The third-order valence-corrected chi connectivity index (χ3v) is 6.97. The summed E-state index contributed by atoms with van der Waals surface area (Å²) in [5.41, 5.74) is 1.72. The van der Waals surface area contributed by atoms with Gasteiger partial charge in [-0.25, -0.2) is 0 Å². The van der Waals surface area contributed by atoms with Crippen molar-refractivity contribution < 1.29 is 9.59 Å². The smallest absolute Gasteiger partial charge is 0.251 e. The molecule has 4 saturated carbocycles. The highest BCUT2D eigenvalue weighted by molar-refractivity contribution is 5.97. The van der Waals surface area contributed by atoms with Crippen molar-refractivity contribution in [1.29, 1.82) is 0 Å². The van der Waals surface area contributed by atoms with Crippen LogP contribution in [0.25, 0.3) is 0 Å². The Hall–Kier alpha value is -1.84. The van der Waals surface area contributed by atoms with Crippen LogP contribution in [0.3, 0.4) is 0 Å². The fourth-order valence-electron chi connectivity index (χ4n) is 6.19. The van der Waals surface area contributed by atoms with E-state index in [9.17, 15) is 9.59 Å². The van der Waals surface area contributed by atoms with Gasteiger partial charge in [0.15, 0.2) is 0 Å². The Balaban J connectivity index is 1.62. The highest BCUT2D eigenvalue weighted by atomic mass is 16.2. The van der Waals surface area contributed by atoms with Gasteiger partial charge >= 0.3 is 0 Å². The zero-order valence-corrected chi connectivity index (χ0v) is 16.1. The first kappa shape index (κ1) is 17.6. The van der Waals surface area contributed by atoms with E-state index in [1.54, 1.807) is 19.0 Å². The van der Waals surface area contributed by atoms with Gasteiger partial charge < -0.3 is 10.2 Å². The second-order valence-electron chi connectivity index (χ2n) is 9.29. The van der Waals surface area contributed by atoms with E-state index in [1.807, 2.05) is 31.2 Å². The lowest BCUT2D eigenvalue weighted by molar-refractivity contribution is -0.142. The number of hydrogen-bond acceptors (Lipinski definition) is 2. The van der Waals surface area contributed by atoms with Crippen LogP contribution >= 0.6 is 0 Å². The van der Waals surface area contributed by atoms with Crippen LogP contribution in [0.4, 0.5) is 0 Å². The van der Waals surface area contributed by atoms with Crippen LogP contribution in [0.2, 0.25) is 0 Å². The molecular formula is C22H30N2O2. The molecule has 4 nitrogen and oxygen atoms in total. The van der Waals surface area contributed by atoms with Gasteiger partial charge in [-0.15, -0.1) is 0 Å². The van der Waals surface area contributed by atoms with Crippen LogP contribution in [0.15, 0.2) is 24.3 Å². The van der Waals surface area contributed by atoms with Gasteiger partial charge in [-0.3, -0.25) is 9.59 Å². The molecule has 0 saturated heterocycles. The van der Waals surface area contributed by atoms with Crippen molar-refractivity contribution in [1.82, 2.24) is 10.2 Å². The van der Waals surface area contributed by atoms with Gasteiger partial charge in [-0.1, -0.05) is 17.7 Å². The second kappa shape index (κ2) is 6.40. The maximum atomic E-state index is 13.1. The number of aryl methyl sites for hydroxylation is 1. The van der Waals surface area contributed by atoms with E-state index in [1.165, 1.54) is 19.3 Å². The number of benzene rings is 1. The number of nitrogens with zero attached hydrogens (tertiary/aromatic N) is 1. The summed E-state index contributed by atoms with van der Waals surface area (Å²) in [6, 6.07) is 7.19. The summed E-state index contributed by atoms with van der Waals surface area (Å²) in [6.07, 6.45) is 7.27. The molecule has 0 aliphatic heterocycles. The minimum atomic E-state index is -0.403. The van der Waals surface area contributed by atoms with Crippen molar-refractivity contribution in [3.63, 3.8) is 0 Å². The van der Waals surface area contributed by atoms with E-state index < -0.39 is 6.04 Å². The van der Waals surface area contributed by atoms with Crippen LogP contribution in [0.5, 0.6) is 0 Å². The normalized spacial score (nSPS) is 33.0. The number of nitrogens with one attached hydrogen (secondary N) is 1. The van der Waals surface area contributed by atoms with Gasteiger partial charge in [0.05, 0.1) is 0 Å². The summed E-state index contributed by atoms with van der Waals surface area (Å²) in [7, 11) is 3.60. The van der Waals surface area contributed by atoms with Crippen molar-refractivity contribution in [3.05, 3.63) is 35.4 Å². The molecule has 1 aromatic rings. The average Bonchev–Trinajstić information content (AvgIpc) is 2.58.